The lowest BCUT2D eigenvalue weighted by molar-refractivity contribution is 0.191. The van der Waals surface area contributed by atoms with Gasteiger partial charge < -0.3 is 10.4 Å². The van der Waals surface area contributed by atoms with E-state index in [1.165, 1.54) is 0 Å². The van der Waals surface area contributed by atoms with Crippen LogP contribution in [0, 0.1) is 6.92 Å². The van der Waals surface area contributed by atoms with Crippen molar-refractivity contribution in [1.82, 2.24) is 15.0 Å². The van der Waals surface area contributed by atoms with E-state index >= 15 is 0 Å². The highest BCUT2D eigenvalue weighted by Gasteiger charge is 2.11. The average molecular weight is 375 g/mol. The molecule has 0 amide bonds. The minimum atomic E-state index is -0.770. The van der Waals surface area contributed by atoms with Gasteiger partial charge in [-0.1, -0.05) is 23.2 Å². The average Bonchev–Trinajstić information content (AvgIpc) is 2.59. The number of nitrogens with zero attached hydrogens (tertiary/aromatic N) is 3. The largest absolute Gasteiger partial charge is 0.387 e. The Balaban J connectivity index is 1.76. The molecule has 0 saturated heterocycles. The Morgan fingerprint density at radius 1 is 1.12 bits per heavy atom. The van der Waals surface area contributed by atoms with Gasteiger partial charge >= 0.3 is 0 Å². The molecule has 1 unspecified atom stereocenters. The monoisotopic (exact) mass is 374 g/mol. The summed E-state index contributed by atoms with van der Waals surface area (Å²) in [7, 11) is 0. The van der Waals surface area contributed by atoms with Crippen LogP contribution in [0.25, 0.3) is 11.4 Å². The van der Waals surface area contributed by atoms with E-state index in [0.717, 1.165) is 11.3 Å². The minimum Gasteiger partial charge on any atom is -0.387 e. The lowest BCUT2D eigenvalue weighted by atomic mass is 10.1. The number of hydrogen-bond donors (Lipinski definition) is 2. The van der Waals surface area contributed by atoms with Crippen LogP contribution in [0.2, 0.25) is 10.0 Å². The van der Waals surface area contributed by atoms with Gasteiger partial charge in [0.1, 0.15) is 5.82 Å². The first kappa shape index (κ1) is 17.6. The standard InChI is InChI=1S/C18H16Cl2N4O/c1-11-5-17(24-18(23-11)12-3-2-4-21-9-12)22-10-16(25)13-6-14(19)8-15(20)7-13/h2-9,16,25H,10H2,1H3,(H,22,23,24). The zero-order valence-corrected chi connectivity index (χ0v) is 15.0. The summed E-state index contributed by atoms with van der Waals surface area (Å²) in [6.07, 6.45) is 2.64. The number of benzene rings is 1. The van der Waals surface area contributed by atoms with Crippen LogP contribution in [0.15, 0.2) is 48.8 Å². The molecular weight excluding hydrogens is 359 g/mol. The van der Waals surface area contributed by atoms with Gasteiger partial charge in [0, 0.05) is 46.3 Å². The van der Waals surface area contributed by atoms with Gasteiger partial charge in [0.2, 0.25) is 0 Å². The van der Waals surface area contributed by atoms with Gasteiger partial charge in [0.25, 0.3) is 0 Å². The molecule has 1 aromatic carbocycles. The molecule has 128 valence electrons. The fourth-order valence-corrected chi connectivity index (χ4v) is 2.91. The van der Waals surface area contributed by atoms with Crippen molar-refractivity contribution in [3.63, 3.8) is 0 Å². The van der Waals surface area contributed by atoms with Gasteiger partial charge in [-0.05, 0) is 42.8 Å². The van der Waals surface area contributed by atoms with Crippen molar-refractivity contribution in [2.75, 3.05) is 11.9 Å². The highest BCUT2D eigenvalue weighted by Crippen LogP contribution is 2.24. The van der Waals surface area contributed by atoms with Crippen molar-refractivity contribution in [2.24, 2.45) is 0 Å². The quantitative estimate of drug-likeness (QED) is 0.696. The molecule has 0 radical (unpaired) electrons. The first-order valence-electron chi connectivity index (χ1n) is 7.65. The topological polar surface area (TPSA) is 70.9 Å². The van der Waals surface area contributed by atoms with Crippen molar-refractivity contribution in [3.05, 3.63) is 70.1 Å². The number of anilines is 1. The lowest BCUT2D eigenvalue weighted by Gasteiger charge is -2.14. The third kappa shape index (κ3) is 4.66. The highest BCUT2D eigenvalue weighted by atomic mass is 35.5. The van der Waals surface area contributed by atoms with Crippen LogP contribution in [0.3, 0.4) is 0 Å². The normalized spacial score (nSPS) is 12.0. The van der Waals surface area contributed by atoms with E-state index in [0.29, 0.717) is 27.3 Å². The summed E-state index contributed by atoms with van der Waals surface area (Å²) >= 11 is 12.0. The summed E-state index contributed by atoms with van der Waals surface area (Å²) in [5.74, 6) is 1.20. The fourth-order valence-electron chi connectivity index (χ4n) is 2.37. The maximum absolute atomic E-state index is 10.4. The Morgan fingerprint density at radius 3 is 2.56 bits per heavy atom. The number of aryl methyl sites for hydroxylation is 1. The smallest absolute Gasteiger partial charge is 0.163 e. The molecule has 0 aliphatic rings. The summed E-state index contributed by atoms with van der Waals surface area (Å²) in [6, 6.07) is 10.5. The molecule has 0 aliphatic carbocycles. The predicted octanol–water partition coefficient (Wildman–Crippen LogP) is 4.30. The van der Waals surface area contributed by atoms with Crippen LogP contribution < -0.4 is 5.32 Å². The Bertz CT molecular complexity index is 854. The lowest BCUT2D eigenvalue weighted by Crippen LogP contribution is -2.13. The van der Waals surface area contributed by atoms with E-state index in [4.69, 9.17) is 23.2 Å². The van der Waals surface area contributed by atoms with Gasteiger partial charge in [0.15, 0.2) is 5.82 Å². The van der Waals surface area contributed by atoms with Gasteiger partial charge in [-0.15, -0.1) is 0 Å². The van der Waals surface area contributed by atoms with Crippen LogP contribution in [0.4, 0.5) is 5.82 Å². The number of aliphatic hydroxyl groups excluding tert-OH is 1. The second kappa shape index (κ2) is 7.78. The minimum absolute atomic E-state index is 0.263. The van der Waals surface area contributed by atoms with Crippen LogP contribution in [0.5, 0.6) is 0 Å². The molecule has 7 heteroatoms. The number of rotatable bonds is 5. The Labute approximate surface area is 155 Å². The molecule has 25 heavy (non-hydrogen) atoms. The maximum atomic E-state index is 10.4. The molecule has 2 heterocycles. The second-order valence-electron chi connectivity index (χ2n) is 5.56. The van der Waals surface area contributed by atoms with Gasteiger partial charge in [-0.3, -0.25) is 4.98 Å². The van der Waals surface area contributed by atoms with Crippen molar-refractivity contribution >= 4 is 29.0 Å². The third-order valence-electron chi connectivity index (χ3n) is 3.52. The summed E-state index contributed by atoms with van der Waals surface area (Å²) in [5, 5.41) is 14.4. The van der Waals surface area contributed by atoms with E-state index in [2.05, 4.69) is 20.3 Å². The van der Waals surface area contributed by atoms with E-state index in [9.17, 15) is 5.11 Å². The third-order valence-corrected chi connectivity index (χ3v) is 3.96. The fraction of sp³-hybridized carbons (Fsp3) is 0.167. The van der Waals surface area contributed by atoms with Crippen molar-refractivity contribution in [2.45, 2.75) is 13.0 Å². The Hall–Kier alpha value is -2.21. The van der Waals surface area contributed by atoms with E-state index in [-0.39, 0.29) is 6.54 Å². The predicted molar refractivity (Wildman–Crippen MR) is 99.9 cm³/mol. The van der Waals surface area contributed by atoms with E-state index < -0.39 is 6.10 Å². The Morgan fingerprint density at radius 2 is 1.88 bits per heavy atom. The van der Waals surface area contributed by atoms with Gasteiger partial charge in [-0.25, -0.2) is 9.97 Å². The zero-order chi connectivity index (χ0) is 17.8. The first-order valence-corrected chi connectivity index (χ1v) is 8.41. The molecule has 1 atom stereocenters. The zero-order valence-electron chi connectivity index (χ0n) is 13.4. The number of halogens is 2. The van der Waals surface area contributed by atoms with E-state index in [1.54, 1.807) is 30.6 Å². The van der Waals surface area contributed by atoms with Crippen LogP contribution in [-0.4, -0.2) is 26.6 Å². The number of hydrogen-bond acceptors (Lipinski definition) is 5. The molecule has 0 spiro atoms. The van der Waals surface area contributed by atoms with Crippen molar-refractivity contribution < 1.29 is 5.11 Å². The molecule has 0 bridgehead atoms. The molecule has 2 N–H and O–H groups in total. The molecule has 0 aliphatic heterocycles. The van der Waals surface area contributed by atoms with Crippen LogP contribution in [-0.2, 0) is 0 Å². The number of aromatic nitrogens is 3. The Kier molecular flexibility index (Phi) is 5.48. The number of nitrogens with one attached hydrogen (secondary N) is 1. The molecule has 0 fully saturated rings. The molecule has 3 aromatic rings. The van der Waals surface area contributed by atoms with Crippen LogP contribution >= 0.6 is 23.2 Å². The van der Waals surface area contributed by atoms with Gasteiger partial charge in [0.05, 0.1) is 6.10 Å². The van der Waals surface area contributed by atoms with Crippen molar-refractivity contribution in [3.8, 4) is 11.4 Å². The number of aliphatic hydroxyl groups is 1. The summed E-state index contributed by atoms with van der Waals surface area (Å²) in [5.41, 5.74) is 2.29. The van der Waals surface area contributed by atoms with Crippen LogP contribution in [0.1, 0.15) is 17.4 Å². The molecule has 0 saturated carbocycles. The molecular formula is C18H16Cl2N4O. The molecule has 3 rings (SSSR count). The van der Waals surface area contributed by atoms with Gasteiger partial charge in [-0.2, -0.15) is 0 Å². The maximum Gasteiger partial charge on any atom is 0.163 e. The second-order valence-corrected chi connectivity index (χ2v) is 6.43. The summed E-state index contributed by atoms with van der Waals surface area (Å²) in [4.78, 5) is 13.0. The number of pyridine rings is 1. The molecule has 2 aromatic heterocycles. The summed E-state index contributed by atoms with van der Waals surface area (Å²) in [6.45, 7) is 2.15. The van der Waals surface area contributed by atoms with E-state index in [1.807, 2.05) is 25.1 Å². The molecule has 5 nitrogen and oxygen atoms in total. The summed E-state index contributed by atoms with van der Waals surface area (Å²) < 4.78 is 0. The highest BCUT2D eigenvalue weighted by molar-refractivity contribution is 6.34. The first-order chi connectivity index (χ1) is 12.0. The SMILES string of the molecule is Cc1cc(NCC(O)c2cc(Cl)cc(Cl)c2)nc(-c2cccnc2)n1. The van der Waals surface area contributed by atoms with Crippen molar-refractivity contribution in [1.29, 1.82) is 0 Å².